The number of nitrogens with one attached hydrogen (secondary N) is 1. The largest absolute Gasteiger partial charge is 0.480 e. The Bertz CT molecular complexity index is 199. The highest BCUT2D eigenvalue weighted by atomic mass is 32.2. The van der Waals surface area contributed by atoms with Crippen LogP contribution in [0.3, 0.4) is 0 Å². The Labute approximate surface area is 92.7 Å². The maximum absolute atomic E-state index is 10.9. The number of carbonyl (C=O) groups excluding carboxylic acids is 1. The monoisotopic (exact) mass is 239 g/mol. The molecular weight excluding hydrogens is 222 g/mol. The third kappa shape index (κ3) is 8.07. The highest BCUT2D eigenvalue weighted by Crippen LogP contribution is 2.01. The van der Waals surface area contributed by atoms with Crippen LogP contribution < -0.4 is 5.32 Å². The van der Waals surface area contributed by atoms with E-state index < -0.39 is 18.1 Å². The summed E-state index contributed by atoms with van der Waals surface area (Å²) in [5.41, 5.74) is 0. The van der Waals surface area contributed by atoms with Crippen molar-refractivity contribution in [2.24, 2.45) is 0 Å². The highest BCUT2D eigenvalue weighted by molar-refractivity contribution is 7.98. The SMILES string of the molecule is CCOC(=O)NC(CCSC)C(=O)O.O. The number of carboxylic acid groups (broad SMARTS) is 1. The summed E-state index contributed by atoms with van der Waals surface area (Å²) in [6.07, 6.45) is 1.60. The van der Waals surface area contributed by atoms with Crippen LogP contribution >= 0.6 is 11.8 Å². The molecule has 6 nitrogen and oxygen atoms in total. The average Bonchev–Trinajstić information content (AvgIpc) is 2.12. The van der Waals surface area contributed by atoms with E-state index in [1.807, 2.05) is 6.26 Å². The topological polar surface area (TPSA) is 107 Å². The first-order valence-corrected chi connectivity index (χ1v) is 5.66. The van der Waals surface area contributed by atoms with Gasteiger partial charge in [0.25, 0.3) is 0 Å². The molecule has 0 saturated heterocycles. The third-order valence-electron chi connectivity index (χ3n) is 1.48. The number of rotatable bonds is 6. The van der Waals surface area contributed by atoms with E-state index in [2.05, 4.69) is 10.1 Å². The Morgan fingerprint density at radius 1 is 1.53 bits per heavy atom. The van der Waals surface area contributed by atoms with Crippen molar-refractivity contribution in [2.45, 2.75) is 19.4 Å². The number of hydrogen-bond donors (Lipinski definition) is 2. The minimum absolute atomic E-state index is 0. The first kappa shape index (κ1) is 16.5. The molecule has 0 radical (unpaired) electrons. The second kappa shape index (κ2) is 9.60. The molecular formula is C8H17NO5S. The quantitative estimate of drug-likeness (QED) is 0.684. The number of amides is 1. The minimum Gasteiger partial charge on any atom is -0.480 e. The fraction of sp³-hybridized carbons (Fsp3) is 0.750. The minimum atomic E-state index is -1.04. The number of carboxylic acids is 1. The molecule has 0 spiro atoms. The second-order valence-electron chi connectivity index (χ2n) is 2.54. The summed E-state index contributed by atoms with van der Waals surface area (Å²) in [5, 5.41) is 11.0. The molecule has 0 aromatic heterocycles. The summed E-state index contributed by atoms with van der Waals surface area (Å²) < 4.78 is 4.58. The molecule has 0 fully saturated rings. The number of ether oxygens (including phenoxy) is 1. The maximum Gasteiger partial charge on any atom is 0.407 e. The zero-order chi connectivity index (χ0) is 11.0. The molecule has 0 aromatic carbocycles. The Kier molecular flexibility index (Phi) is 10.5. The number of carbonyl (C=O) groups is 2. The van der Waals surface area contributed by atoms with E-state index in [-0.39, 0.29) is 12.1 Å². The lowest BCUT2D eigenvalue weighted by molar-refractivity contribution is -0.139. The van der Waals surface area contributed by atoms with E-state index in [9.17, 15) is 9.59 Å². The molecule has 0 aliphatic rings. The van der Waals surface area contributed by atoms with E-state index in [1.54, 1.807) is 6.92 Å². The van der Waals surface area contributed by atoms with Crippen LogP contribution in [0.15, 0.2) is 0 Å². The van der Waals surface area contributed by atoms with Gasteiger partial charge < -0.3 is 20.6 Å². The van der Waals surface area contributed by atoms with Crippen molar-refractivity contribution in [3.8, 4) is 0 Å². The van der Waals surface area contributed by atoms with Crippen molar-refractivity contribution < 1.29 is 24.9 Å². The first-order valence-electron chi connectivity index (χ1n) is 4.26. The molecule has 0 heterocycles. The molecule has 0 rings (SSSR count). The van der Waals surface area contributed by atoms with Crippen molar-refractivity contribution in [3.05, 3.63) is 0 Å². The fourth-order valence-corrected chi connectivity index (χ4v) is 1.28. The van der Waals surface area contributed by atoms with Crippen molar-refractivity contribution in [1.29, 1.82) is 0 Å². The van der Waals surface area contributed by atoms with E-state index in [1.165, 1.54) is 11.8 Å². The van der Waals surface area contributed by atoms with E-state index >= 15 is 0 Å². The van der Waals surface area contributed by atoms with Crippen LogP contribution in [0.1, 0.15) is 13.3 Å². The smallest absolute Gasteiger partial charge is 0.407 e. The first-order chi connectivity index (χ1) is 6.61. The van der Waals surface area contributed by atoms with Crippen LogP contribution in [0.4, 0.5) is 4.79 Å². The zero-order valence-electron chi connectivity index (χ0n) is 8.78. The van der Waals surface area contributed by atoms with Crippen molar-refractivity contribution in [1.82, 2.24) is 5.32 Å². The summed E-state index contributed by atoms with van der Waals surface area (Å²) in [4.78, 5) is 21.6. The van der Waals surface area contributed by atoms with Crippen LogP contribution in [-0.4, -0.2) is 47.3 Å². The van der Waals surface area contributed by atoms with Gasteiger partial charge in [-0.05, 0) is 25.4 Å². The third-order valence-corrected chi connectivity index (χ3v) is 2.12. The van der Waals surface area contributed by atoms with Crippen LogP contribution in [0, 0.1) is 0 Å². The highest BCUT2D eigenvalue weighted by Gasteiger charge is 2.19. The van der Waals surface area contributed by atoms with Gasteiger partial charge in [0, 0.05) is 0 Å². The Hall–Kier alpha value is -0.950. The van der Waals surface area contributed by atoms with Gasteiger partial charge >= 0.3 is 12.1 Å². The van der Waals surface area contributed by atoms with Crippen LogP contribution in [0.2, 0.25) is 0 Å². The lowest BCUT2D eigenvalue weighted by Gasteiger charge is -2.13. The van der Waals surface area contributed by atoms with Gasteiger partial charge in [-0.3, -0.25) is 0 Å². The Morgan fingerprint density at radius 3 is 2.53 bits per heavy atom. The van der Waals surface area contributed by atoms with Gasteiger partial charge in [0.05, 0.1) is 6.61 Å². The Morgan fingerprint density at radius 2 is 2.13 bits per heavy atom. The van der Waals surface area contributed by atoms with Gasteiger partial charge in [0.2, 0.25) is 0 Å². The molecule has 1 unspecified atom stereocenters. The van der Waals surface area contributed by atoms with Gasteiger partial charge in [-0.2, -0.15) is 11.8 Å². The molecule has 15 heavy (non-hydrogen) atoms. The number of aliphatic carboxylic acids is 1. The lowest BCUT2D eigenvalue weighted by Crippen LogP contribution is -2.41. The maximum atomic E-state index is 10.9. The van der Waals surface area contributed by atoms with Crippen LogP contribution in [0.25, 0.3) is 0 Å². The molecule has 1 atom stereocenters. The molecule has 90 valence electrons. The van der Waals surface area contributed by atoms with Crippen LogP contribution in [0.5, 0.6) is 0 Å². The van der Waals surface area contributed by atoms with Gasteiger partial charge in [0.1, 0.15) is 6.04 Å². The van der Waals surface area contributed by atoms with Crippen molar-refractivity contribution >= 4 is 23.8 Å². The molecule has 0 aromatic rings. The number of alkyl carbamates (subject to hydrolysis) is 1. The average molecular weight is 239 g/mol. The Balaban J connectivity index is 0. The molecule has 0 aliphatic carbocycles. The molecule has 1 amide bonds. The molecule has 4 N–H and O–H groups in total. The van der Waals surface area contributed by atoms with E-state index in [0.717, 1.165) is 0 Å². The molecule has 0 saturated carbocycles. The van der Waals surface area contributed by atoms with E-state index in [0.29, 0.717) is 12.2 Å². The standard InChI is InChI=1S/C8H15NO4S.H2O/c1-3-13-8(12)9-6(7(10)11)4-5-14-2;/h6H,3-5H2,1-2H3,(H,9,12)(H,10,11);1H2. The van der Waals surface area contributed by atoms with E-state index in [4.69, 9.17) is 5.11 Å². The van der Waals surface area contributed by atoms with Crippen molar-refractivity contribution in [3.63, 3.8) is 0 Å². The summed E-state index contributed by atoms with van der Waals surface area (Å²) in [6, 6.07) is -0.860. The lowest BCUT2D eigenvalue weighted by atomic mass is 10.2. The predicted molar refractivity (Wildman–Crippen MR) is 58.2 cm³/mol. The summed E-state index contributed by atoms with van der Waals surface area (Å²) in [5.74, 6) is -0.351. The zero-order valence-corrected chi connectivity index (χ0v) is 9.60. The summed E-state index contributed by atoms with van der Waals surface area (Å²) >= 11 is 1.53. The molecule has 7 heteroatoms. The van der Waals surface area contributed by atoms with Gasteiger partial charge in [-0.1, -0.05) is 0 Å². The molecule has 0 bridgehead atoms. The molecule has 0 aliphatic heterocycles. The predicted octanol–water partition coefficient (Wildman–Crippen LogP) is 0.114. The van der Waals surface area contributed by atoms with Gasteiger partial charge in [-0.25, -0.2) is 9.59 Å². The fourth-order valence-electron chi connectivity index (χ4n) is 0.808. The number of thioether (sulfide) groups is 1. The second-order valence-corrected chi connectivity index (χ2v) is 3.52. The van der Waals surface area contributed by atoms with Crippen LogP contribution in [-0.2, 0) is 9.53 Å². The van der Waals surface area contributed by atoms with Gasteiger partial charge in [0.15, 0.2) is 0 Å². The number of hydrogen-bond acceptors (Lipinski definition) is 4. The summed E-state index contributed by atoms with van der Waals surface area (Å²) in [7, 11) is 0. The van der Waals surface area contributed by atoms with Gasteiger partial charge in [-0.15, -0.1) is 0 Å². The summed E-state index contributed by atoms with van der Waals surface area (Å²) in [6.45, 7) is 1.90. The normalized spacial score (nSPS) is 11.1. The van der Waals surface area contributed by atoms with Crippen molar-refractivity contribution in [2.75, 3.05) is 18.6 Å².